The SMILES string of the molecule is O=C(OC1CCc2[nH]c3c(Cl)cc(Cl)cc3c2C1)c1ccccc1. The summed E-state index contributed by atoms with van der Waals surface area (Å²) in [5.74, 6) is -0.278. The molecule has 0 bridgehead atoms. The van der Waals surface area contributed by atoms with Gasteiger partial charge < -0.3 is 9.72 Å². The maximum Gasteiger partial charge on any atom is 0.338 e. The monoisotopic (exact) mass is 359 g/mol. The van der Waals surface area contributed by atoms with Gasteiger partial charge in [0.05, 0.1) is 16.1 Å². The van der Waals surface area contributed by atoms with Crippen molar-refractivity contribution in [2.24, 2.45) is 0 Å². The highest BCUT2D eigenvalue weighted by Crippen LogP contribution is 2.35. The minimum Gasteiger partial charge on any atom is -0.458 e. The number of ether oxygens (including phenoxy) is 1. The van der Waals surface area contributed by atoms with Gasteiger partial charge in [-0.05, 0) is 42.7 Å². The number of aryl methyl sites for hydroxylation is 1. The van der Waals surface area contributed by atoms with Crippen molar-refractivity contribution >= 4 is 40.1 Å². The fraction of sp³-hybridized carbons (Fsp3) is 0.211. The first-order valence-electron chi connectivity index (χ1n) is 7.86. The highest BCUT2D eigenvalue weighted by molar-refractivity contribution is 6.38. The minimum atomic E-state index is -0.278. The number of nitrogens with one attached hydrogen (secondary N) is 1. The third-order valence-corrected chi connectivity index (χ3v) is 4.97. The molecule has 2 aromatic carbocycles. The van der Waals surface area contributed by atoms with Crippen molar-refractivity contribution in [1.82, 2.24) is 4.98 Å². The Labute approximate surface area is 149 Å². The van der Waals surface area contributed by atoms with E-state index in [1.54, 1.807) is 18.2 Å². The molecule has 1 aliphatic rings. The summed E-state index contributed by atoms with van der Waals surface area (Å²) < 4.78 is 5.69. The second kappa shape index (κ2) is 6.15. The number of carbonyl (C=O) groups is 1. The maximum atomic E-state index is 12.3. The Morgan fingerprint density at radius 3 is 2.75 bits per heavy atom. The lowest BCUT2D eigenvalue weighted by Crippen LogP contribution is -2.25. The first-order valence-corrected chi connectivity index (χ1v) is 8.62. The van der Waals surface area contributed by atoms with Crippen molar-refractivity contribution in [2.75, 3.05) is 0 Å². The van der Waals surface area contributed by atoms with E-state index in [4.69, 9.17) is 27.9 Å². The van der Waals surface area contributed by atoms with Gasteiger partial charge in [0, 0.05) is 22.5 Å². The lowest BCUT2D eigenvalue weighted by Gasteiger charge is -2.22. The first kappa shape index (κ1) is 15.6. The van der Waals surface area contributed by atoms with Crippen LogP contribution in [-0.4, -0.2) is 17.1 Å². The summed E-state index contributed by atoms with van der Waals surface area (Å²) in [7, 11) is 0. The number of fused-ring (bicyclic) bond motifs is 3. The molecule has 0 radical (unpaired) electrons. The number of H-pyrrole nitrogens is 1. The predicted octanol–water partition coefficient (Wildman–Crippen LogP) is 5.19. The molecule has 5 heteroatoms. The van der Waals surface area contributed by atoms with E-state index in [0.29, 0.717) is 22.0 Å². The number of aromatic nitrogens is 1. The Morgan fingerprint density at radius 2 is 1.96 bits per heavy atom. The van der Waals surface area contributed by atoms with E-state index in [9.17, 15) is 4.79 Å². The van der Waals surface area contributed by atoms with E-state index in [1.165, 1.54) is 0 Å². The number of aromatic amines is 1. The Hall–Kier alpha value is -1.97. The van der Waals surface area contributed by atoms with Crippen molar-refractivity contribution in [3.05, 3.63) is 69.3 Å². The van der Waals surface area contributed by atoms with E-state index >= 15 is 0 Å². The van der Waals surface area contributed by atoms with Gasteiger partial charge in [-0.2, -0.15) is 0 Å². The van der Waals surface area contributed by atoms with Crippen molar-refractivity contribution in [3.63, 3.8) is 0 Å². The van der Waals surface area contributed by atoms with Gasteiger partial charge in [0.15, 0.2) is 0 Å². The van der Waals surface area contributed by atoms with Gasteiger partial charge in [0.2, 0.25) is 0 Å². The van der Waals surface area contributed by atoms with Crippen LogP contribution in [0.3, 0.4) is 0 Å². The number of benzene rings is 2. The molecule has 1 aromatic heterocycles. The topological polar surface area (TPSA) is 42.1 Å². The smallest absolute Gasteiger partial charge is 0.338 e. The fourth-order valence-electron chi connectivity index (χ4n) is 3.30. The van der Waals surface area contributed by atoms with Crippen LogP contribution in [0.1, 0.15) is 28.0 Å². The molecule has 0 aliphatic heterocycles. The Bertz CT molecular complexity index is 918. The summed E-state index contributed by atoms with van der Waals surface area (Å²) in [5, 5.41) is 2.24. The van der Waals surface area contributed by atoms with Crippen LogP contribution < -0.4 is 0 Å². The maximum absolute atomic E-state index is 12.3. The van der Waals surface area contributed by atoms with Crippen molar-refractivity contribution in [3.8, 4) is 0 Å². The zero-order valence-electron chi connectivity index (χ0n) is 12.8. The van der Waals surface area contributed by atoms with Crippen LogP contribution in [0.5, 0.6) is 0 Å². The Kier molecular flexibility index (Phi) is 3.99. The zero-order chi connectivity index (χ0) is 16.7. The van der Waals surface area contributed by atoms with Gasteiger partial charge in [-0.15, -0.1) is 0 Å². The normalized spacial score (nSPS) is 16.8. The standard InChI is InChI=1S/C19H15Cl2NO2/c20-12-8-15-14-10-13(24-19(23)11-4-2-1-3-5-11)6-7-17(14)22-18(15)16(21)9-12/h1-5,8-9,13,22H,6-7,10H2. The molecule has 1 unspecified atom stereocenters. The lowest BCUT2D eigenvalue weighted by molar-refractivity contribution is 0.0271. The summed E-state index contributed by atoms with van der Waals surface area (Å²) in [6.07, 6.45) is 2.15. The predicted molar refractivity (Wildman–Crippen MR) is 96.0 cm³/mol. The molecule has 4 rings (SSSR count). The van der Waals surface area contributed by atoms with Crippen LogP contribution >= 0.6 is 23.2 Å². The third kappa shape index (κ3) is 2.79. The second-order valence-electron chi connectivity index (χ2n) is 6.03. The van der Waals surface area contributed by atoms with Crippen LogP contribution in [0.4, 0.5) is 0 Å². The largest absolute Gasteiger partial charge is 0.458 e. The number of rotatable bonds is 2. The van der Waals surface area contributed by atoms with Crippen LogP contribution in [0.2, 0.25) is 10.0 Å². The van der Waals surface area contributed by atoms with Crippen LogP contribution in [0, 0.1) is 0 Å². The van der Waals surface area contributed by atoms with Crippen LogP contribution in [0.15, 0.2) is 42.5 Å². The summed E-state index contributed by atoms with van der Waals surface area (Å²) in [4.78, 5) is 15.6. The van der Waals surface area contributed by atoms with Gasteiger partial charge >= 0.3 is 5.97 Å². The lowest BCUT2D eigenvalue weighted by atomic mass is 9.93. The number of halogens is 2. The summed E-state index contributed by atoms with van der Waals surface area (Å²) in [6.45, 7) is 0. The molecule has 1 heterocycles. The fourth-order valence-corrected chi connectivity index (χ4v) is 3.84. The van der Waals surface area contributed by atoms with E-state index in [0.717, 1.165) is 35.0 Å². The molecule has 3 nitrogen and oxygen atoms in total. The molecule has 122 valence electrons. The van der Waals surface area contributed by atoms with E-state index in [2.05, 4.69) is 4.98 Å². The summed E-state index contributed by atoms with van der Waals surface area (Å²) >= 11 is 12.4. The molecule has 0 saturated heterocycles. The average molecular weight is 360 g/mol. The second-order valence-corrected chi connectivity index (χ2v) is 6.87. The Balaban J connectivity index is 1.60. The van der Waals surface area contributed by atoms with Gasteiger partial charge in [0.1, 0.15) is 6.10 Å². The quantitative estimate of drug-likeness (QED) is 0.639. The van der Waals surface area contributed by atoms with Crippen LogP contribution in [-0.2, 0) is 17.6 Å². The highest BCUT2D eigenvalue weighted by Gasteiger charge is 2.26. The summed E-state index contributed by atoms with van der Waals surface area (Å²) in [6, 6.07) is 12.7. The van der Waals surface area contributed by atoms with Gasteiger partial charge in [-0.3, -0.25) is 0 Å². The van der Waals surface area contributed by atoms with E-state index in [1.807, 2.05) is 24.3 Å². The number of hydrogen-bond donors (Lipinski definition) is 1. The molecule has 1 N–H and O–H groups in total. The molecule has 0 amide bonds. The Morgan fingerprint density at radius 1 is 1.17 bits per heavy atom. The van der Waals surface area contributed by atoms with Crippen molar-refractivity contribution in [2.45, 2.75) is 25.4 Å². The molecule has 1 aliphatic carbocycles. The van der Waals surface area contributed by atoms with Crippen molar-refractivity contribution < 1.29 is 9.53 Å². The molecule has 0 fully saturated rings. The molecule has 1 atom stereocenters. The van der Waals surface area contributed by atoms with Crippen molar-refractivity contribution in [1.29, 1.82) is 0 Å². The molecule has 0 saturated carbocycles. The molecule has 3 aromatic rings. The minimum absolute atomic E-state index is 0.137. The number of carbonyl (C=O) groups excluding carboxylic acids is 1. The third-order valence-electron chi connectivity index (χ3n) is 4.45. The van der Waals surface area contributed by atoms with Gasteiger partial charge in [0.25, 0.3) is 0 Å². The van der Waals surface area contributed by atoms with Gasteiger partial charge in [-0.1, -0.05) is 41.4 Å². The van der Waals surface area contributed by atoms with E-state index < -0.39 is 0 Å². The summed E-state index contributed by atoms with van der Waals surface area (Å²) in [5.41, 5.74) is 3.78. The molecular weight excluding hydrogens is 345 g/mol. The first-order chi connectivity index (χ1) is 11.6. The number of esters is 1. The molecular formula is C19H15Cl2NO2. The highest BCUT2D eigenvalue weighted by atomic mass is 35.5. The molecule has 0 spiro atoms. The van der Waals surface area contributed by atoms with Gasteiger partial charge in [-0.25, -0.2) is 4.79 Å². The van der Waals surface area contributed by atoms with Crippen LogP contribution in [0.25, 0.3) is 10.9 Å². The van der Waals surface area contributed by atoms with E-state index in [-0.39, 0.29) is 12.1 Å². The number of hydrogen-bond acceptors (Lipinski definition) is 2. The average Bonchev–Trinajstić information content (AvgIpc) is 2.94. The zero-order valence-corrected chi connectivity index (χ0v) is 14.3. The molecule has 24 heavy (non-hydrogen) atoms.